The summed E-state index contributed by atoms with van der Waals surface area (Å²) < 4.78 is 0. The highest BCUT2D eigenvalue weighted by atomic mass is 16.1. The molecule has 2 aromatic rings. The number of nitrogen functional groups attached to an aromatic ring is 1. The monoisotopic (exact) mass is 269 g/mol. The third-order valence-corrected chi connectivity index (χ3v) is 3.15. The fourth-order valence-corrected chi connectivity index (χ4v) is 2.04. The molecule has 0 aliphatic carbocycles. The number of anilines is 1. The van der Waals surface area contributed by atoms with Crippen molar-refractivity contribution in [1.82, 2.24) is 10.3 Å². The number of carbonyl (C=O) groups is 1. The van der Waals surface area contributed by atoms with E-state index in [2.05, 4.69) is 10.3 Å². The van der Waals surface area contributed by atoms with Crippen LogP contribution in [-0.2, 0) is 11.2 Å². The molecule has 1 amide bonds. The molecule has 1 aromatic heterocycles. The lowest BCUT2D eigenvalue weighted by Crippen LogP contribution is -2.26. The molecule has 4 nitrogen and oxygen atoms in total. The zero-order valence-corrected chi connectivity index (χ0v) is 11.5. The Kier molecular flexibility index (Phi) is 4.71. The molecule has 0 aliphatic heterocycles. The second kappa shape index (κ2) is 6.70. The summed E-state index contributed by atoms with van der Waals surface area (Å²) in [6.07, 6.45) is 4.63. The van der Waals surface area contributed by atoms with E-state index < -0.39 is 0 Å². The van der Waals surface area contributed by atoms with Gasteiger partial charge in [-0.2, -0.15) is 0 Å². The van der Waals surface area contributed by atoms with Crippen LogP contribution in [0.5, 0.6) is 0 Å². The van der Waals surface area contributed by atoms with Gasteiger partial charge in [0.15, 0.2) is 0 Å². The molecule has 1 aromatic carbocycles. The smallest absolute Gasteiger partial charge is 0.220 e. The van der Waals surface area contributed by atoms with Gasteiger partial charge in [-0.1, -0.05) is 18.2 Å². The van der Waals surface area contributed by atoms with Crippen LogP contribution in [0.3, 0.4) is 0 Å². The third kappa shape index (κ3) is 4.09. The average molecular weight is 269 g/mol. The van der Waals surface area contributed by atoms with Crippen LogP contribution in [0.25, 0.3) is 0 Å². The summed E-state index contributed by atoms with van der Waals surface area (Å²) in [7, 11) is 0. The highest BCUT2D eigenvalue weighted by molar-refractivity contribution is 5.76. The van der Waals surface area contributed by atoms with Crippen molar-refractivity contribution in [3.05, 3.63) is 59.9 Å². The lowest BCUT2D eigenvalue weighted by Gasteiger charge is -2.13. The van der Waals surface area contributed by atoms with E-state index in [4.69, 9.17) is 5.73 Å². The van der Waals surface area contributed by atoms with Gasteiger partial charge < -0.3 is 11.1 Å². The highest BCUT2D eigenvalue weighted by Crippen LogP contribution is 2.12. The Morgan fingerprint density at radius 1 is 1.35 bits per heavy atom. The molecule has 0 saturated heterocycles. The molecule has 104 valence electrons. The van der Waals surface area contributed by atoms with Gasteiger partial charge in [-0.25, -0.2) is 0 Å². The number of benzene rings is 1. The molecule has 3 N–H and O–H groups in total. The second-order valence-corrected chi connectivity index (χ2v) is 4.82. The average Bonchev–Trinajstić information content (AvgIpc) is 2.46. The molecule has 4 heteroatoms. The topological polar surface area (TPSA) is 68.0 Å². The van der Waals surface area contributed by atoms with Crippen LogP contribution < -0.4 is 11.1 Å². The van der Waals surface area contributed by atoms with Crippen molar-refractivity contribution in [3.63, 3.8) is 0 Å². The number of nitrogens with zero attached hydrogens (tertiary/aromatic N) is 1. The SMILES string of the molecule is C[C@H](NC(=O)CCc1cccc(N)c1)c1cccnc1. The van der Waals surface area contributed by atoms with Crippen LogP contribution in [0.15, 0.2) is 48.8 Å². The Balaban J connectivity index is 1.84. The van der Waals surface area contributed by atoms with Crippen LogP contribution in [0.4, 0.5) is 5.69 Å². The number of rotatable bonds is 5. The van der Waals surface area contributed by atoms with Gasteiger partial charge in [0.2, 0.25) is 5.91 Å². The van der Waals surface area contributed by atoms with Gasteiger partial charge in [-0.05, 0) is 42.7 Å². The molecule has 20 heavy (non-hydrogen) atoms. The minimum Gasteiger partial charge on any atom is -0.399 e. The van der Waals surface area contributed by atoms with Crippen LogP contribution in [-0.4, -0.2) is 10.9 Å². The first kappa shape index (κ1) is 14.1. The fourth-order valence-electron chi connectivity index (χ4n) is 2.04. The van der Waals surface area contributed by atoms with E-state index in [0.29, 0.717) is 12.8 Å². The van der Waals surface area contributed by atoms with E-state index in [0.717, 1.165) is 16.8 Å². The van der Waals surface area contributed by atoms with Crippen molar-refractivity contribution in [1.29, 1.82) is 0 Å². The van der Waals surface area contributed by atoms with Crippen LogP contribution in [0.2, 0.25) is 0 Å². The van der Waals surface area contributed by atoms with E-state index in [1.54, 1.807) is 12.4 Å². The maximum absolute atomic E-state index is 11.9. The van der Waals surface area contributed by atoms with Crippen molar-refractivity contribution in [2.75, 3.05) is 5.73 Å². The Hall–Kier alpha value is -2.36. The number of amides is 1. The van der Waals surface area contributed by atoms with Gasteiger partial charge in [0.1, 0.15) is 0 Å². The molecule has 0 aliphatic rings. The van der Waals surface area contributed by atoms with Crippen molar-refractivity contribution in [2.24, 2.45) is 0 Å². The normalized spacial score (nSPS) is 11.8. The van der Waals surface area contributed by atoms with E-state index >= 15 is 0 Å². The van der Waals surface area contributed by atoms with Gasteiger partial charge in [-0.3, -0.25) is 9.78 Å². The predicted molar refractivity (Wildman–Crippen MR) is 80.0 cm³/mol. The number of nitrogens with two attached hydrogens (primary N) is 1. The quantitative estimate of drug-likeness (QED) is 0.819. The summed E-state index contributed by atoms with van der Waals surface area (Å²) in [6.45, 7) is 1.95. The number of hydrogen-bond donors (Lipinski definition) is 2. The Bertz CT molecular complexity index is 569. The minimum absolute atomic E-state index is 0.0305. The largest absolute Gasteiger partial charge is 0.399 e. The van der Waals surface area contributed by atoms with Gasteiger partial charge in [0.25, 0.3) is 0 Å². The van der Waals surface area contributed by atoms with Crippen LogP contribution in [0, 0.1) is 0 Å². The number of hydrogen-bond acceptors (Lipinski definition) is 3. The van der Waals surface area contributed by atoms with E-state index in [1.165, 1.54) is 0 Å². The Labute approximate surface area is 119 Å². The van der Waals surface area contributed by atoms with Crippen molar-refractivity contribution >= 4 is 11.6 Å². The molecule has 1 heterocycles. The number of nitrogens with one attached hydrogen (secondary N) is 1. The Morgan fingerprint density at radius 2 is 2.20 bits per heavy atom. The van der Waals surface area contributed by atoms with Gasteiger partial charge in [0.05, 0.1) is 6.04 Å². The fraction of sp³-hybridized carbons (Fsp3) is 0.250. The zero-order valence-electron chi connectivity index (χ0n) is 11.5. The summed E-state index contributed by atoms with van der Waals surface area (Å²) >= 11 is 0. The number of carbonyl (C=O) groups excluding carboxylic acids is 1. The van der Waals surface area contributed by atoms with Crippen molar-refractivity contribution in [3.8, 4) is 0 Å². The number of aryl methyl sites for hydroxylation is 1. The van der Waals surface area contributed by atoms with Gasteiger partial charge in [0, 0.05) is 24.5 Å². The molecule has 1 atom stereocenters. The third-order valence-electron chi connectivity index (χ3n) is 3.15. The van der Waals surface area contributed by atoms with E-state index in [1.807, 2.05) is 43.3 Å². The minimum atomic E-state index is -0.0305. The first-order valence-corrected chi connectivity index (χ1v) is 6.69. The predicted octanol–water partition coefficient (Wildman–Crippen LogP) is 2.47. The summed E-state index contributed by atoms with van der Waals surface area (Å²) in [6, 6.07) is 11.4. The molecule has 0 radical (unpaired) electrons. The summed E-state index contributed by atoms with van der Waals surface area (Å²) in [5.74, 6) is 0.0313. The van der Waals surface area contributed by atoms with Gasteiger partial charge in [-0.15, -0.1) is 0 Å². The van der Waals surface area contributed by atoms with E-state index in [-0.39, 0.29) is 11.9 Å². The second-order valence-electron chi connectivity index (χ2n) is 4.82. The standard InChI is InChI=1S/C16H19N3O/c1-12(14-5-3-9-18-11-14)19-16(20)8-7-13-4-2-6-15(17)10-13/h2-6,9-12H,7-8,17H2,1H3,(H,19,20)/t12-/m0/s1. The molecular weight excluding hydrogens is 250 g/mol. The molecule has 2 rings (SSSR count). The molecule has 0 bridgehead atoms. The zero-order chi connectivity index (χ0) is 14.4. The summed E-state index contributed by atoms with van der Waals surface area (Å²) in [5.41, 5.74) is 8.52. The van der Waals surface area contributed by atoms with Gasteiger partial charge >= 0.3 is 0 Å². The van der Waals surface area contributed by atoms with Crippen LogP contribution >= 0.6 is 0 Å². The molecule has 0 saturated carbocycles. The van der Waals surface area contributed by atoms with E-state index in [9.17, 15) is 4.79 Å². The van der Waals surface area contributed by atoms with Crippen molar-refractivity contribution < 1.29 is 4.79 Å². The Morgan fingerprint density at radius 3 is 2.90 bits per heavy atom. The molecular formula is C16H19N3O. The number of pyridine rings is 1. The van der Waals surface area contributed by atoms with Crippen LogP contribution in [0.1, 0.15) is 30.5 Å². The van der Waals surface area contributed by atoms with Crippen molar-refractivity contribution in [2.45, 2.75) is 25.8 Å². The number of aromatic nitrogens is 1. The highest BCUT2D eigenvalue weighted by Gasteiger charge is 2.09. The lowest BCUT2D eigenvalue weighted by atomic mass is 10.1. The lowest BCUT2D eigenvalue weighted by molar-refractivity contribution is -0.121. The first-order chi connectivity index (χ1) is 9.65. The first-order valence-electron chi connectivity index (χ1n) is 6.69. The molecule has 0 unspecified atom stereocenters. The summed E-state index contributed by atoms with van der Waals surface area (Å²) in [4.78, 5) is 16.0. The summed E-state index contributed by atoms with van der Waals surface area (Å²) in [5, 5.41) is 2.97. The molecule has 0 spiro atoms. The maximum Gasteiger partial charge on any atom is 0.220 e. The molecule has 0 fully saturated rings. The maximum atomic E-state index is 11.9.